The number of aliphatic carboxylic acids is 1. The molecule has 0 aliphatic rings. The number of hydrogen-bond acceptors (Lipinski definition) is 22. The summed E-state index contributed by atoms with van der Waals surface area (Å²) in [6, 6.07) is 6.62. The van der Waals surface area contributed by atoms with Gasteiger partial charge in [-0.2, -0.15) is 0 Å². The number of aliphatic hydroxyl groups is 1. The van der Waals surface area contributed by atoms with Gasteiger partial charge in [0, 0.05) is 32.6 Å². The van der Waals surface area contributed by atoms with E-state index in [4.69, 9.17) is 28.7 Å². The molecule has 3 aromatic rings. The number of nitrogens with one attached hydrogen (secondary N) is 14. The number of primary amides is 1. The standard InChI is InChI=1S/C75H121N21O17/c1-43(2)36-56(64(104)85-41-61(100)87-55(63(78)103)38-46-18-8-6-9-19-46)92-70(110)57(37-44(3)4)93-71(111)58(39-47-20-10-7-11-21-47)95-69(109)54(30-31-62(101)102)91-67(107)52(24-16-34-83-74(79)80)90-73(113)60(42-97)96-72(112)59(40-48-26-28-49(99)29-27-48)94-68(108)53(25-17-35-84-75(81)82)89-66(106)51(23-13-15-33-77)88-65(105)50(86-45(5)98)22-12-14-32-76/h6-11,18-21,26-29,43-44,50-60,74-75,83-84,97,99H,12-17,22-25,30-42,76-77,79-82H2,1-5H3,(H2,78,103)(H,85,104)(H,86,98)(H,87,100)(H,88,105)(H,89,106)(H,90,113)(H,91,107)(H,92,110)(H,93,111)(H,94,108)(H,95,109)(H,96,112)(H,101,102)/p+2/t50-,51-,52-,53-,54-,55-,56-,57-,58-,59-,60-/m0/s1. The van der Waals surface area contributed by atoms with Crippen molar-refractivity contribution in [1.29, 1.82) is 0 Å². The Bertz CT molecular complexity index is 3510. The van der Waals surface area contributed by atoms with E-state index in [1.54, 1.807) is 88.4 Å². The summed E-state index contributed by atoms with van der Waals surface area (Å²) in [5.74, 6) is -13.4. The summed E-state index contributed by atoms with van der Waals surface area (Å²) >= 11 is 0. The Hall–Kier alpha value is -10.3. The predicted octanol–water partition coefficient (Wildman–Crippen LogP) is -6.71. The molecule has 0 aliphatic heterocycles. The molecule has 0 radical (unpaired) electrons. The van der Waals surface area contributed by atoms with Gasteiger partial charge in [0.15, 0.2) is 0 Å². The summed E-state index contributed by atoms with van der Waals surface area (Å²) in [5.41, 5.74) is 37.8. The number of aliphatic hydroxyl groups excluding tert-OH is 1. The molecule has 0 unspecified atom stereocenters. The van der Waals surface area contributed by atoms with Gasteiger partial charge in [-0.05, 0) is 137 Å². The molecule has 11 atom stereocenters. The molecule has 0 fully saturated rings. The number of benzene rings is 3. The molecule has 13 amide bonds. The number of nitrogens with two attached hydrogens (primary N) is 5. The Kier molecular flexibility index (Phi) is 45.3. The van der Waals surface area contributed by atoms with Crippen LogP contribution in [-0.4, -0.2) is 216 Å². The van der Waals surface area contributed by atoms with E-state index in [1.807, 2.05) is 0 Å². The highest BCUT2D eigenvalue weighted by Crippen LogP contribution is 2.16. The fourth-order valence-electron chi connectivity index (χ4n) is 11.9. The summed E-state index contributed by atoms with van der Waals surface area (Å²) in [4.78, 5) is 194. The molecule has 3 aromatic carbocycles. The molecule has 628 valence electrons. The zero-order valence-electron chi connectivity index (χ0n) is 65.4. The van der Waals surface area contributed by atoms with Crippen molar-refractivity contribution in [3.05, 3.63) is 102 Å². The number of quaternary nitrogens is 2. The van der Waals surface area contributed by atoms with Crippen LogP contribution in [0.4, 0.5) is 0 Å². The first-order chi connectivity index (χ1) is 53.6. The highest BCUT2D eigenvalue weighted by molar-refractivity contribution is 6.00. The maximum absolute atomic E-state index is 14.8. The fraction of sp³-hybridized carbons (Fsp3) is 0.573. The van der Waals surface area contributed by atoms with E-state index in [9.17, 15) is 82.4 Å². The number of unbranched alkanes of at least 4 members (excludes halogenated alkanes) is 2. The van der Waals surface area contributed by atoms with Gasteiger partial charge >= 0.3 is 5.97 Å². The number of carboxylic acids is 1. The molecule has 33 N–H and O–H groups in total. The van der Waals surface area contributed by atoms with Crippen molar-refractivity contribution in [2.75, 3.05) is 39.3 Å². The van der Waals surface area contributed by atoms with Crippen molar-refractivity contribution in [1.82, 2.24) is 74.4 Å². The number of aromatic hydroxyl groups is 1. The van der Waals surface area contributed by atoms with Crippen molar-refractivity contribution in [2.45, 2.75) is 223 Å². The minimum atomic E-state index is -1.91. The van der Waals surface area contributed by atoms with Crippen LogP contribution in [0, 0.1) is 11.8 Å². The Labute approximate surface area is 658 Å². The molecule has 0 bridgehead atoms. The first-order valence-electron chi connectivity index (χ1n) is 38.3. The first kappa shape index (κ1) is 96.9. The number of phenolic OH excluding ortho intramolecular Hbond substituents is 1. The topological polar surface area (TPSA) is 653 Å². The molecule has 0 aliphatic carbocycles. The lowest BCUT2D eigenvalue weighted by Crippen LogP contribution is -2.61. The van der Waals surface area contributed by atoms with Gasteiger partial charge in [-0.3, -0.25) is 77.8 Å². The van der Waals surface area contributed by atoms with Crippen molar-refractivity contribution in [3.8, 4) is 5.75 Å². The van der Waals surface area contributed by atoms with Gasteiger partial charge in [-0.1, -0.05) is 100 Å². The highest BCUT2D eigenvalue weighted by Gasteiger charge is 2.37. The Balaban J connectivity index is 2.01. The van der Waals surface area contributed by atoms with Crippen LogP contribution in [-0.2, 0) is 86.4 Å². The number of carboxylic acid groups (broad SMARTS) is 1. The van der Waals surface area contributed by atoms with Crippen LogP contribution in [0.3, 0.4) is 0 Å². The minimum Gasteiger partial charge on any atom is -0.508 e. The highest BCUT2D eigenvalue weighted by atomic mass is 16.4. The molecule has 0 aromatic heterocycles. The zero-order valence-corrected chi connectivity index (χ0v) is 65.4. The van der Waals surface area contributed by atoms with Gasteiger partial charge in [0.1, 0.15) is 84.8 Å². The van der Waals surface area contributed by atoms with Crippen molar-refractivity contribution < 1.29 is 93.9 Å². The summed E-state index contributed by atoms with van der Waals surface area (Å²) in [7, 11) is 0. The lowest BCUT2D eigenvalue weighted by molar-refractivity contribution is -0.369. The predicted molar refractivity (Wildman–Crippen MR) is 416 cm³/mol. The third kappa shape index (κ3) is 39.6. The molecule has 0 saturated heterocycles. The van der Waals surface area contributed by atoms with Gasteiger partial charge in [0.2, 0.25) is 76.8 Å². The molecule has 38 heteroatoms. The Morgan fingerprint density at radius 3 is 1.09 bits per heavy atom. The number of amides is 13. The van der Waals surface area contributed by atoms with Crippen LogP contribution >= 0.6 is 0 Å². The van der Waals surface area contributed by atoms with E-state index in [-0.39, 0.29) is 101 Å². The second-order valence-corrected chi connectivity index (χ2v) is 28.6. The van der Waals surface area contributed by atoms with Crippen LogP contribution in [0.15, 0.2) is 84.9 Å². The van der Waals surface area contributed by atoms with Crippen LogP contribution < -0.4 is 115 Å². The first-order valence-corrected chi connectivity index (χ1v) is 38.3. The van der Waals surface area contributed by atoms with Gasteiger partial charge < -0.3 is 119 Å². The Morgan fingerprint density at radius 1 is 0.389 bits per heavy atom. The van der Waals surface area contributed by atoms with Crippen LogP contribution in [0.1, 0.15) is 141 Å². The summed E-state index contributed by atoms with van der Waals surface area (Å²) in [6.45, 7) is 7.87. The molecule has 0 spiro atoms. The smallest absolute Gasteiger partial charge is 0.303 e. The average Bonchev–Trinajstić information content (AvgIpc) is 0.872. The molecule has 38 nitrogen and oxygen atoms in total. The van der Waals surface area contributed by atoms with Gasteiger partial charge in [0.25, 0.3) is 0 Å². The van der Waals surface area contributed by atoms with Gasteiger partial charge in [-0.25, -0.2) is 0 Å². The number of rotatable bonds is 56. The lowest BCUT2D eigenvalue weighted by Gasteiger charge is -2.28. The van der Waals surface area contributed by atoms with Crippen molar-refractivity contribution in [3.63, 3.8) is 0 Å². The maximum Gasteiger partial charge on any atom is 0.303 e. The average molecular weight is 1590 g/mol. The maximum atomic E-state index is 14.8. The van der Waals surface area contributed by atoms with E-state index in [0.717, 1.165) is 0 Å². The van der Waals surface area contributed by atoms with Crippen LogP contribution in [0.2, 0.25) is 0 Å². The summed E-state index contributed by atoms with van der Waals surface area (Å²) < 4.78 is 0. The fourth-order valence-corrected chi connectivity index (χ4v) is 11.9. The third-order valence-electron chi connectivity index (χ3n) is 17.8. The van der Waals surface area contributed by atoms with Crippen molar-refractivity contribution in [2.24, 2.45) is 40.5 Å². The molecule has 113 heavy (non-hydrogen) atoms. The van der Waals surface area contributed by atoms with E-state index in [2.05, 4.69) is 85.9 Å². The number of phenols is 1. The summed E-state index contributed by atoms with van der Waals surface area (Å²) in [6.07, 6.45) is -1.49. The van der Waals surface area contributed by atoms with E-state index in [1.165, 1.54) is 31.2 Å². The van der Waals surface area contributed by atoms with Crippen LogP contribution in [0.5, 0.6) is 5.75 Å². The largest absolute Gasteiger partial charge is 0.508 e. The number of carbonyl (C=O) groups is 14. The normalized spacial score (nSPS) is 14.2. The zero-order chi connectivity index (χ0) is 84.1. The number of hydrogen-bond donors (Lipinski definition) is 24. The van der Waals surface area contributed by atoms with Gasteiger partial charge in [-0.15, -0.1) is 0 Å². The molecule has 3 rings (SSSR count). The third-order valence-corrected chi connectivity index (χ3v) is 17.8. The molecule has 0 heterocycles. The Morgan fingerprint density at radius 2 is 0.717 bits per heavy atom. The lowest BCUT2D eigenvalue weighted by atomic mass is 9.99. The second-order valence-electron chi connectivity index (χ2n) is 28.6. The SMILES string of the molecule is CC(=O)N[C@@H](CCCC[NH3+])C(=O)N[C@@H](CCCC[NH3+])C(=O)N[C@@H](CCCNC(N)N)C(=O)N[C@@H](Cc1ccc(O)cc1)C(=O)N[C@@H](CO)C(=O)N[C@@H](CCCNC(N)N)C(=O)N[C@@H](CCC(=O)O)C(=O)N[C@@H](Cc1ccccc1)C(=O)N[C@@H](CC(C)C)C(=O)N[C@@H](CC(C)C)C(=O)NCC(=O)N[C@@H](Cc1ccccc1)C(N)=O. The van der Waals surface area contributed by atoms with E-state index < -0.39 is 188 Å². The van der Waals surface area contributed by atoms with Crippen molar-refractivity contribution >= 4 is 82.8 Å². The quantitative estimate of drug-likeness (QED) is 0.0184. The molecule has 0 saturated carbocycles. The van der Waals surface area contributed by atoms with E-state index in [0.29, 0.717) is 55.5 Å². The monoisotopic (exact) mass is 1590 g/mol. The summed E-state index contributed by atoms with van der Waals surface area (Å²) in [5, 5.41) is 67.7. The number of carbonyl (C=O) groups excluding carboxylic acids is 13. The minimum absolute atomic E-state index is 0.00867. The molecular weight excluding hydrogens is 1470 g/mol. The van der Waals surface area contributed by atoms with Gasteiger partial charge in [0.05, 0.1) is 26.2 Å². The molecular formula is C75H123N21O17+2. The van der Waals surface area contributed by atoms with E-state index >= 15 is 0 Å². The second kappa shape index (κ2) is 52.8. The van der Waals surface area contributed by atoms with Crippen LogP contribution in [0.25, 0.3) is 0 Å².